The molecule has 0 fully saturated rings. The lowest BCUT2D eigenvalue weighted by Crippen LogP contribution is -2.25. The van der Waals surface area contributed by atoms with Gasteiger partial charge in [0.15, 0.2) is 11.5 Å². The van der Waals surface area contributed by atoms with Gasteiger partial charge in [0.2, 0.25) is 12.7 Å². The Labute approximate surface area is 210 Å². The van der Waals surface area contributed by atoms with Gasteiger partial charge in [-0.3, -0.25) is 4.79 Å². The first kappa shape index (κ1) is 23.6. The SMILES string of the molecule is CCc1cccc2c(C(CC(=O)NCc3ccc4c(c3)OCO4)c3cc(OC)cc(OC)c3)c[nH]c12. The van der Waals surface area contributed by atoms with E-state index in [1.165, 1.54) is 5.56 Å². The van der Waals surface area contributed by atoms with Gasteiger partial charge >= 0.3 is 0 Å². The summed E-state index contributed by atoms with van der Waals surface area (Å²) in [6.45, 7) is 2.77. The first-order valence-corrected chi connectivity index (χ1v) is 12.1. The molecule has 5 rings (SSSR count). The van der Waals surface area contributed by atoms with Crippen molar-refractivity contribution in [3.8, 4) is 23.0 Å². The molecule has 36 heavy (non-hydrogen) atoms. The van der Waals surface area contributed by atoms with Crippen LogP contribution >= 0.6 is 0 Å². The number of aromatic amines is 1. The molecule has 2 N–H and O–H groups in total. The number of carbonyl (C=O) groups is 1. The summed E-state index contributed by atoms with van der Waals surface area (Å²) >= 11 is 0. The molecule has 0 spiro atoms. The predicted octanol–water partition coefficient (Wildman–Crippen LogP) is 5.31. The summed E-state index contributed by atoms with van der Waals surface area (Å²) < 4.78 is 21.9. The van der Waals surface area contributed by atoms with Crippen LogP contribution in [0.2, 0.25) is 0 Å². The predicted molar refractivity (Wildman–Crippen MR) is 138 cm³/mol. The first-order chi connectivity index (χ1) is 17.6. The fourth-order valence-electron chi connectivity index (χ4n) is 4.77. The Morgan fingerprint density at radius 3 is 2.56 bits per heavy atom. The summed E-state index contributed by atoms with van der Waals surface area (Å²) in [5, 5.41) is 4.19. The topological polar surface area (TPSA) is 81.8 Å². The van der Waals surface area contributed by atoms with Crippen molar-refractivity contribution >= 4 is 16.8 Å². The molecule has 1 aliphatic rings. The van der Waals surface area contributed by atoms with Gasteiger partial charge in [0, 0.05) is 42.0 Å². The largest absolute Gasteiger partial charge is 0.497 e. The average Bonchev–Trinajstić information content (AvgIpc) is 3.57. The average molecular weight is 487 g/mol. The number of H-pyrrole nitrogens is 1. The van der Waals surface area contributed by atoms with Gasteiger partial charge in [-0.1, -0.05) is 31.2 Å². The van der Waals surface area contributed by atoms with E-state index >= 15 is 0 Å². The maximum Gasteiger partial charge on any atom is 0.231 e. The van der Waals surface area contributed by atoms with Gasteiger partial charge in [0.1, 0.15) is 11.5 Å². The Morgan fingerprint density at radius 1 is 1.03 bits per heavy atom. The van der Waals surface area contributed by atoms with Gasteiger partial charge in [-0.2, -0.15) is 0 Å². The zero-order valence-corrected chi connectivity index (χ0v) is 20.7. The highest BCUT2D eigenvalue weighted by Crippen LogP contribution is 2.38. The molecule has 3 aromatic carbocycles. The van der Waals surface area contributed by atoms with Crippen LogP contribution in [0.5, 0.6) is 23.0 Å². The number of benzene rings is 3. The number of nitrogens with one attached hydrogen (secondary N) is 2. The summed E-state index contributed by atoms with van der Waals surface area (Å²) in [4.78, 5) is 16.7. The highest BCUT2D eigenvalue weighted by atomic mass is 16.7. The van der Waals surface area contributed by atoms with Crippen molar-refractivity contribution in [3.63, 3.8) is 0 Å². The molecule has 1 aromatic heterocycles. The number of fused-ring (bicyclic) bond motifs is 2. The number of rotatable bonds is 9. The van der Waals surface area contributed by atoms with Gasteiger partial charge in [-0.15, -0.1) is 0 Å². The molecular weight excluding hydrogens is 456 g/mol. The summed E-state index contributed by atoms with van der Waals surface area (Å²) in [6, 6.07) is 17.8. The van der Waals surface area contributed by atoms with Crippen molar-refractivity contribution in [2.75, 3.05) is 21.0 Å². The van der Waals surface area contributed by atoms with Crippen molar-refractivity contribution < 1.29 is 23.7 Å². The summed E-state index contributed by atoms with van der Waals surface area (Å²) in [7, 11) is 3.26. The molecular formula is C29H30N2O5. The molecule has 1 unspecified atom stereocenters. The van der Waals surface area contributed by atoms with Crippen LogP contribution in [0.15, 0.2) is 60.8 Å². The lowest BCUT2D eigenvalue weighted by atomic mass is 9.87. The molecule has 0 aliphatic carbocycles. The number of methoxy groups -OCH3 is 2. The molecule has 1 aliphatic heterocycles. The standard InChI is InChI=1S/C29H30N2O5/c1-4-19-6-5-7-23-25(16-31-29(19)23)24(20-11-21(33-2)13-22(12-20)34-3)14-28(32)30-15-18-8-9-26-27(10-18)36-17-35-26/h5-13,16,24,31H,4,14-15,17H2,1-3H3,(H,30,32). The number of hydrogen-bond acceptors (Lipinski definition) is 5. The second kappa shape index (κ2) is 10.2. The minimum Gasteiger partial charge on any atom is -0.497 e. The van der Waals surface area contributed by atoms with Crippen LogP contribution in [0.3, 0.4) is 0 Å². The lowest BCUT2D eigenvalue weighted by Gasteiger charge is -2.19. The molecule has 4 aromatic rings. The zero-order valence-electron chi connectivity index (χ0n) is 20.7. The molecule has 0 saturated heterocycles. The highest BCUT2D eigenvalue weighted by Gasteiger charge is 2.24. The third-order valence-electron chi connectivity index (χ3n) is 6.68. The van der Waals surface area contributed by atoms with Crippen molar-refractivity contribution in [3.05, 3.63) is 83.0 Å². The number of aryl methyl sites for hydroxylation is 1. The van der Waals surface area contributed by atoms with E-state index in [-0.39, 0.29) is 25.0 Å². The Kier molecular flexibility index (Phi) is 6.71. The minimum atomic E-state index is -0.202. The second-order valence-electron chi connectivity index (χ2n) is 8.80. The molecule has 0 bridgehead atoms. The molecule has 0 saturated carbocycles. The maximum atomic E-state index is 13.3. The molecule has 1 amide bonds. The number of hydrogen-bond donors (Lipinski definition) is 2. The summed E-state index contributed by atoms with van der Waals surface area (Å²) in [5.74, 6) is 2.54. The van der Waals surface area contributed by atoms with Crippen molar-refractivity contribution in [2.45, 2.75) is 32.2 Å². The van der Waals surface area contributed by atoms with E-state index in [9.17, 15) is 4.79 Å². The Balaban J connectivity index is 1.45. The zero-order chi connectivity index (χ0) is 25.1. The number of amides is 1. The summed E-state index contributed by atoms with van der Waals surface area (Å²) in [6.07, 6.45) is 3.21. The summed E-state index contributed by atoms with van der Waals surface area (Å²) in [5.41, 5.74) is 5.32. The van der Waals surface area contributed by atoms with E-state index in [2.05, 4.69) is 35.4 Å². The molecule has 7 nitrogen and oxygen atoms in total. The van der Waals surface area contributed by atoms with Crippen molar-refractivity contribution in [1.29, 1.82) is 0 Å². The third kappa shape index (κ3) is 4.69. The van der Waals surface area contributed by atoms with Crippen LogP contribution in [0.1, 0.15) is 41.5 Å². The van der Waals surface area contributed by atoms with Crippen LogP contribution in [0.4, 0.5) is 0 Å². The fraction of sp³-hybridized carbons (Fsp3) is 0.276. The van der Waals surface area contributed by atoms with E-state index in [1.807, 2.05) is 42.6 Å². The smallest absolute Gasteiger partial charge is 0.231 e. The minimum absolute atomic E-state index is 0.0551. The van der Waals surface area contributed by atoms with E-state index < -0.39 is 0 Å². The highest BCUT2D eigenvalue weighted by molar-refractivity contribution is 5.88. The number of ether oxygens (including phenoxy) is 4. The van der Waals surface area contributed by atoms with Crippen LogP contribution in [-0.2, 0) is 17.8 Å². The Bertz CT molecular complexity index is 1370. The van der Waals surface area contributed by atoms with Gasteiger partial charge in [-0.05, 0) is 52.9 Å². The van der Waals surface area contributed by atoms with E-state index in [0.29, 0.717) is 23.8 Å². The molecule has 1 atom stereocenters. The van der Waals surface area contributed by atoms with E-state index in [0.717, 1.165) is 39.8 Å². The third-order valence-corrected chi connectivity index (χ3v) is 6.68. The number of para-hydroxylation sites is 1. The lowest BCUT2D eigenvalue weighted by molar-refractivity contribution is -0.121. The molecule has 186 valence electrons. The number of aromatic nitrogens is 1. The van der Waals surface area contributed by atoms with Crippen molar-refractivity contribution in [2.24, 2.45) is 0 Å². The van der Waals surface area contributed by atoms with Crippen LogP contribution in [0, 0.1) is 0 Å². The maximum absolute atomic E-state index is 13.3. The quantitative estimate of drug-likeness (QED) is 0.335. The normalized spacial score (nSPS) is 13.0. The Hall–Kier alpha value is -4.13. The van der Waals surface area contributed by atoms with Gasteiger partial charge in [0.05, 0.1) is 14.2 Å². The molecule has 7 heteroatoms. The van der Waals surface area contributed by atoms with E-state index in [1.54, 1.807) is 14.2 Å². The van der Waals surface area contributed by atoms with Gasteiger partial charge < -0.3 is 29.2 Å². The van der Waals surface area contributed by atoms with Crippen LogP contribution < -0.4 is 24.3 Å². The second-order valence-corrected chi connectivity index (χ2v) is 8.80. The first-order valence-electron chi connectivity index (χ1n) is 12.1. The Morgan fingerprint density at radius 2 is 1.81 bits per heavy atom. The van der Waals surface area contributed by atoms with E-state index in [4.69, 9.17) is 18.9 Å². The number of carbonyl (C=O) groups excluding carboxylic acids is 1. The molecule has 2 heterocycles. The fourth-order valence-corrected chi connectivity index (χ4v) is 4.77. The van der Waals surface area contributed by atoms with Gasteiger partial charge in [-0.25, -0.2) is 0 Å². The van der Waals surface area contributed by atoms with Crippen LogP contribution in [0.25, 0.3) is 10.9 Å². The monoisotopic (exact) mass is 486 g/mol. The van der Waals surface area contributed by atoms with Gasteiger partial charge in [0.25, 0.3) is 0 Å². The molecule has 0 radical (unpaired) electrons. The van der Waals surface area contributed by atoms with Crippen LogP contribution in [-0.4, -0.2) is 31.9 Å². The van der Waals surface area contributed by atoms with Crippen molar-refractivity contribution in [1.82, 2.24) is 10.3 Å².